The summed E-state index contributed by atoms with van der Waals surface area (Å²) in [6, 6.07) is 0. The second-order valence-corrected chi connectivity index (χ2v) is 25.3. The minimum Gasteiger partial charge on any atom is -0.416 e. The first-order chi connectivity index (χ1) is 16.7. The molecular formula is C31H58O2Si2. The van der Waals surface area contributed by atoms with Gasteiger partial charge in [-0.25, -0.2) is 0 Å². The van der Waals surface area contributed by atoms with E-state index in [-0.39, 0.29) is 20.9 Å². The van der Waals surface area contributed by atoms with E-state index in [1.54, 1.807) is 5.57 Å². The van der Waals surface area contributed by atoms with Crippen molar-refractivity contribution in [2.45, 2.75) is 149 Å². The van der Waals surface area contributed by atoms with Crippen molar-refractivity contribution in [3.05, 3.63) is 11.6 Å². The van der Waals surface area contributed by atoms with E-state index in [2.05, 4.69) is 80.7 Å². The van der Waals surface area contributed by atoms with Crippen molar-refractivity contribution in [1.82, 2.24) is 0 Å². The molecule has 202 valence electrons. The Hall–Kier alpha value is 0.0938. The first kappa shape index (κ1) is 25.4. The number of hydrogen-bond donors (Lipinski definition) is 0. The van der Waals surface area contributed by atoms with Crippen LogP contribution >= 0.6 is 0 Å². The molecule has 0 aromatic heterocycles. The molecule has 0 spiro atoms. The van der Waals surface area contributed by atoms with E-state index >= 15 is 0 Å². The fourth-order valence-corrected chi connectivity index (χ4v) is 9.54. The van der Waals surface area contributed by atoms with E-state index in [1.165, 1.54) is 12.8 Å². The van der Waals surface area contributed by atoms with Gasteiger partial charge in [0.25, 0.3) is 0 Å². The Labute approximate surface area is 223 Å². The molecule has 4 aliphatic carbocycles. The summed E-state index contributed by atoms with van der Waals surface area (Å²) in [6.07, 6.45) is 11.8. The molecule has 2 nitrogen and oxygen atoms in total. The monoisotopic (exact) mass is 520 g/mol. The summed E-state index contributed by atoms with van der Waals surface area (Å²) in [7, 11) is -4.12. The number of fused-ring (bicyclic) bond motifs is 5. The minimum absolute atomic E-state index is 0.108. The summed E-state index contributed by atoms with van der Waals surface area (Å²) in [4.78, 5) is 0. The summed E-state index contributed by atoms with van der Waals surface area (Å²) in [5.41, 5.74) is 1.31. The molecule has 0 amide bonds. The van der Waals surface area contributed by atoms with Gasteiger partial charge >= 0.3 is 0 Å². The number of rotatable bonds is 5. The van der Waals surface area contributed by atoms with Gasteiger partial charge in [0.15, 0.2) is 16.6 Å². The molecule has 0 N–H and O–H groups in total. The van der Waals surface area contributed by atoms with Crippen LogP contribution in [0.2, 0.25) is 36.3 Å². The lowest BCUT2D eigenvalue weighted by molar-refractivity contribution is -0.0782. The molecule has 0 radical (unpaired) electrons. The maximum atomic E-state index is 9.79. The smallest absolute Gasteiger partial charge is 0.192 e. The zero-order chi connectivity index (χ0) is 27.9. The van der Waals surface area contributed by atoms with Gasteiger partial charge in [-0.15, -0.1) is 0 Å². The van der Waals surface area contributed by atoms with Crippen LogP contribution < -0.4 is 0 Å². The van der Waals surface area contributed by atoms with Crippen LogP contribution in [0.3, 0.4) is 0 Å². The number of allylic oxidation sites excluding steroid dienone is 1. The molecule has 3 saturated carbocycles. The molecule has 0 aliphatic heterocycles. The average Bonchev–Trinajstić information content (AvgIpc) is 3.01. The topological polar surface area (TPSA) is 18.5 Å². The van der Waals surface area contributed by atoms with Crippen LogP contribution in [0.25, 0.3) is 0 Å². The molecule has 0 bridgehead atoms. The highest BCUT2D eigenvalue weighted by molar-refractivity contribution is 6.74. The van der Waals surface area contributed by atoms with Crippen molar-refractivity contribution in [2.24, 2.45) is 28.6 Å². The predicted molar refractivity (Wildman–Crippen MR) is 156 cm³/mol. The van der Waals surface area contributed by atoms with Crippen molar-refractivity contribution >= 4 is 16.6 Å². The van der Waals surface area contributed by atoms with Crippen molar-refractivity contribution < 1.29 is 11.6 Å². The van der Waals surface area contributed by atoms with Gasteiger partial charge in [0.2, 0.25) is 0 Å². The SMILES string of the molecule is [2H]C(O[Si](C)(C)C(C)(C)C)[C@]12CCCCC1=CC[C@@H]1[C@@H]2CC[C@@]2(C)[C@H]1CC[C@]2([2H])O[Si](C)(C)C(C)(C)C. The molecule has 7 atom stereocenters. The van der Waals surface area contributed by atoms with Crippen LogP contribution in [0.15, 0.2) is 11.6 Å². The summed E-state index contributed by atoms with van der Waals surface area (Å²) in [5.74, 6) is 1.56. The van der Waals surface area contributed by atoms with Crippen LogP contribution in [0.4, 0.5) is 0 Å². The molecule has 0 saturated heterocycles. The van der Waals surface area contributed by atoms with E-state index in [1.807, 2.05) is 0 Å². The van der Waals surface area contributed by atoms with Gasteiger partial charge in [-0.1, -0.05) is 66.5 Å². The lowest BCUT2D eigenvalue weighted by atomic mass is 9.47. The zero-order valence-electron chi connectivity index (χ0n) is 27.1. The lowest BCUT2D eigenvalue weighted by Crippen LogP contribution is -2.55. The zero-order valence-corrected chi connectivity index (χ0v) is 27.1. The Morgan fingerprint density at radius 1 is 0.943 bits per heavy atom. The third-order valence-corrected chi connectivity index (χ3v) is 20.6. The molecule has 35 heavy (non-hydrogen) atoms. The van der Waals surface area contributed by atoms with Gasteiger partial charge < -0.3 is 8.85 Å². The first-order valence-electron chi connectivity index (χ1n) is 15.8. The molecule has 4 aliphatic rings. The van der Waals surface area contributed by atoms with E-state index in [0.717, 1.165) is 44.9 Å². The van der Waals surface area contributed by atoms with Crippen molar-refractivity contribution in [1.29, 1.82) is 0 Å². The summed E-state index contributed by atoms with van der Waals surface area (Å²) >= 11 is 0. The van der Waals surface area contributed by atoms with Crippen LogP contribution in [-0.4, -0.2) is 29.3 Å². The lowest BCUT2D eigenvalue weighted by Gasteiger charge is -2.59. The fraction of sp³-hybridized carbons (Fsp3) is 0.935. The average molecular weight is 521 g/mol. The van der Waals surface area contributed by atoms with Crippen LogP contribution in [-0.2, 0) is 8.85 Å². The summed E-state index contributed by atoms with van der Waals surface area (Å²) < 4.78 is 33.4. The Kier molecular flexibility index (Phi) is 6.59. The largest absolute Gasteiger partial charge is 0.416 e. The molecule has 4 rings (SSSR count). The Balaban J connectivity index is 1.68. The van der Waals surface area contributed by atoms with E-state index in [0.29, 0.717) is 17.8 Å². The standard InChI is InChI=1S/C31H58O2Si2/c1-28(2,3)34(8,9)32-22-31-20-13-12-14-23(31)15-16-24-25-17-18-27(30(25,7)21-19-26(24)31)33-35(10,11)29(4,5)6/h15,24-27H,12-14,16-22H2,1-11H3/t24-,25-,26-,27-,30-,31+/m0/s1/i22D,27D/t22?,24-,25-,26-,27-,30-,31+. The molecule has 0 aromatic carbocycles. The predicted octanol–water partition coefficient (Wildman–Crippen LogP) is 9.73. The van der Waals surface area contributed by atoms with Gasteiger partial charge in [-0.05, 0) is 111 Å². The molecule has 3 fully saturated rings. The minimum atomic E-state index is -2.06. The van der Waals surface area contributed by atoms with Crippen LogP contribution in [0.1, 0.15) is 109 Å². The van der Waals surface area contributed by atoms with Gasteiger partial charge in [-0.3, -0.25) is 0 Å². The van der Waals surface area contributed by atoms with Gasteiger partial charge in [-0.2, -0.15) is 0 Å². The normalized spacial score (nSPS) is 42.3. The van der Waals surface area contributed by atoms with Gasteiger partial charge in [0, 0.05) is 12.0 Å². The Morgan fingerprint density at radius 2 is 1.60 bits per heavy atom. The molecule has 0 aromatic rings. The van der Waals surface area contributed by atoms with Gasteiger partial charge in [0.1, 0.15) is 0 Å². The summed E-state index contributed by atoms with van der Waals surface area (Å²) in [5, 5.41) is 0.221. The van der Waals surface area contributed by atoms with E-state index in [9.17, 15) is 2.74 Å². The maximum Gasteiger partial charge on any atom is 0.192 e. The highest BCUT2D eigenvalue weighted by atomic mass is 28.4. The molecule has 0 heterocycles. The van der Waals surface area contributed by atoms with Crippen molar-refractivity contribution in [2.75, 3.05) is 6.58 Å². The van der Waals surface area contributed by atoms with Gasteiger partial charge in [0.05, 0.1) is 8.82 Å². The second kappa shape index (κ2) is 9.09. The maximum absolute atomic E-state index is 9.79. The first-order valence-corrected chi connectivity index (χ1v) is 20.5. The van der Waals surface area contributed by atoms with Crippen LogP contribution in [0, 0.1) is 28.6 Å². The highest BCUT2D eigenvalue weighted by Gasteiger charge is 2.61. The molecule has 4 heteroatoms. The summed E-state index contributed by atoms with van der Waals surface area (Å²) in [6.45, 7) is 25.0. The Bertz CT molecular complexity index is 904. The highest BCUT2D eigenvalue weighted by Crippen LogP contribution is 2.66. The van der Waals surface area contributed by atoms with Crippen molar-refractivity contribution in [3.63, 3.8) is 0 Å². The fourth-order valence-electron chi connectivity index (χ4n) is 7.43. The number of hydrogen-bond acceptors (Lipinski definition) is 2. The second-order valence-electron chi connectivity index (χ2n) is 15.9. The van der Waals surface area contributed by atoms with E-state index in [4.69, 9.17) is 8.85 Å². The van der Waals surface area contributed by atoms with Crippen LogP contribution in [0.5, 0.6) is 0 Å². The van der Waals surface area contributed by atoms with E-state index < -0.39 is 29.3 Å². The quantitative estimate of drug-likeness (QED) is 0.265. The van der Waals surface area contributed by atoms with Crippen molar-refractivity contribution in [3.8, 4) is 0 Å². The Morgan fingerprint density at radius 3 is 2.23 bits per heavy atom. The molecule has 1 unspecified atom stereocenters. The molecular weight excluding hydrogens is 461 g/mol. The third-order valence-electron chi connectivity index (χ3n) is 11.9. The third kappa shape index (κ3) is 4.74.